The maximum absolute atomic E-state index is 11.9. The first-order valence-corrected chi connectivity index (χ1v) is 10.6. The molecule has 0 bridgehead atoms. The largest absolute Gasteiger partial charge is 0.365 e. The van der Waals surface area contributed by atoms with Crippen LogP contribution in [0.1, 0.15) is 41.7 Å². The summed E-state index contributed by atoms with van der Waals surface area (Å²) in [5.41, 5.74) is 14.5. The van der Waals surface area contributed by atoms with Crippen LogP contribution in [0.2, 0.25) is 0 Å². The Kier molecular flexibility index (Phi) is 5.86. The first kappa shape index (κ1) is 20.2. The minimum atomic E-state index is -0.611. The van der Waals surface area contributed by atoms with Crippen molar-refractivity contribution >= 4 is 34.9 Å². The quantitative estimate of drug-likeness (QED) is 0.473. The first-order chi connectivity index (χ1) is 14.5. The average Bonchev–Trinajstić information content (AvgIpc) is 3.16. The highest BCUT2D eigenvalue weighted by Crippen LogP contribution is 2.28. The smallest absolute Gasteiger partial charge is 0.254 e. The summed E-state index contributed by atoms with van der Waals surface area (Å²) in [7, 11) is 0. The number of aryl methyl sites for hydroxylation is 1. The lowest BCUT2D eigenvalue weighted by Crippen LogP contribution is -2.43. The summed E-state index contributed by atoms with van der Waals surface area (Å²) in [6.07, 6.45) is 9.04. The van der Waals surface area contributed by atoms with Crippen LogP contribution in [0.25, 0.3) is 10.4 Å². The molecule has 1 aliphatic rings. The fraction of sp³-hybridized carbons (Fsp3) is 0.350. The number of hydrogen-bond acceptors (Lipinski definition) is 9. The molecule has 0 aliphatic heterocycles. The summed E-state index contributed by atoms with van der Waals surface area (Å²) in [6, 6.07) is 4.08. The van der Waals surface area contributed by atoms with Gasteiger partial charge in [-0.15, -0.1) is 0 Å². The van der Waals surface area contributed by atoms with Crippen molar-refractivity contribution in [3.05, 3.63) is 42.0 Å². The van der Waals surface area contributed by atoms with Gasteiger partial charge in [0, 0.05) is 30.0 Å². The Morgan fingerprint density at radius 2 is 2.03 bits per heavy atom. The van der Waals surface area contributed by atoms with Crippen LogP contribution < -0.4 is 22.1 Å². The van der Waals surface area contributed by atoms with E-state index < -0.39 is 5.91 Å². The van der Waals surface area contributed by atoms with Gasteiger partial charge in [0.1, 0.15) is 11.4 Å². The number of carbonyl (C=O) groups is 1. The predicted octanol–water partition coefficient (Wildman–Crippen LogP) is 2.83. The third-order valence-electron chi connectivity index (χ3n) is 5.10. The average molecular weight is 425 g/mol. The molecule has 3 aromatic heterocycles. The van der Waals surface area contributed by atoms with Crippen molar-refractivity contribution in [2.24, 2.45) is 11.5 Å². The molecular formula is C20H24N8OS. The Morgan fingerprint density at radius 3 is 2.77 bits per heavy atom. The molecule has 3 heterocycles. The van der Waals surface area contributed by atoms with Crippen molar-refractivity contribution in [1.82, 2.24) is 19.3 Å². The molecule has 0 unspecified atom stereocenters. The van der Waals surface area contributed by atoms with E-state index in [4.69, 9.17) is 11.5 Å². The Labute approximate surface area is 178 Å². The van der Waals surface area contributed by atoms with E-state index in [-0.39, 0.29) is 17.6 Å². The summed E-state index contributed by atoms with van der Waals surface area (Å²) in [5, 5.41) is 6.46. The van der Waals surface area contributed by atoms with E-state index >= 15 is 0 Å². The maximum Gasteiger partial charge on any atom is 0.254 e. The number of primary amides is 1. The topological polar surface area (TPSA) is 145 Å². The predicted molar refractivity (Wildman–Crippen MR) is 118 cm³/mol. The standard InChI is InChI=1S/C20H24N8OS/c1-11-6-17(30-28-11)12-7-13(9-23-8-12)25-19-14(18(22)29)10-24-20(27-19)26-16-5-3-2-4-15(16)21/h6-10,15-16H,2-5,21H2,1H3,(H2,22,29)(H2,24,25,26,27)/t15-,16+/m0/s1. The van der Waals surface area contributed by atoms with E-state index in [0.29, 0.717) is 17.5 Å². The van der Waals surface area contributed by atoms with Crippen molar-refractivity contribution in [2.45, 2.75) is 44.7 Å². The molecule has 0 aromatic carbocycles. The molecule has 0 saturated heterocycles. The molecule has 3 aromatic rings. The number of aromatic nitrogens is 4. The maximum atomic E-state index is 11.9. The Morgan fingerprint density at radius 1 is 1.20 bits per heavy atom. The van der Waals surface area contributed by atoms with Gasteiger partial charge in [0.15, 0.2) is 0 Å². The highest BCUT2D eigenvalue weighted by atomic mass is 32.1. The number of hydrogen-bond donors (Lipinski definition) is 4. The summed E-state index contributed by atoms with van der Waals surface area (Å²) in [5.74, 6) is 0.122. The number of nitrogens with one attached hydrogen (secondary N) is 2. The summed E-state index contributed by atoms with van der Waals surface area (Å²) in [4.78, 5) is 26.0. The SMILES string of the molecule is Cc1cc(-c2cncc(Nc3nc(N[C@@H]4CCCC[C@@H]4N)ncc3C(N)=O)c2)sn1. The van der Waals surface area contributed by atoms with Gasteiger partial charge in [-0.3, -0.25) is 9.78 Å². The molecule has 1 aliphatic carbocycles. The monoisotopic (exact) mass is 424 g/mol. The highest BCUT2D eigenvalue weighted by molar-refractivity contribution is 7.09. The van der Waals surface area contributed by atoms with E-state index in [1.807, 2.05) is 19.1 Å². The second-order valence-electron chi connectivity index (χ2n) is 7.44. The zero-order valence-electron chi connectivity index (χ0n) is 16.6. The van der Waals surface area contributed by atoms with Gasteiger partial charge in [-0.1, -0.05) is 12.8 Å². The van der Waals surface area contributed by atoms with Gasteiger partial charge in [-0.25, -0.2) is 4.98 Å². The minimum Gasteiger partial charge on any atom is -0.365 e. The normalized spacial score (nSPS) is 18.7. The number of nitrogens with two attached hydrogens (primary N) is 2. The van der Waals surface area contributed by atoms with E-state index in [9.17, 15) is 4.79 Å². The fourth-order valence-electron chi connectivity index (χ4n) is 3.51. The molecule has 0 radical (unpaired) electrons. The molecule has 1 amide bonds. The molecule has 1 saturated carbocycles. The van der Waals surface area contributed by atoms with Gasteiger partial charge in [-0.2, -0.15) is 9.36 Å². The van der Waals surface area contributed by atoms with Gasteiger partial charge >= 0.3 is 0 Å². The van der Waals surface area contributed by atoms with Crippen LogP contribution in [0.3, 0.4) is 0 Å². The zero-order chi connectivity index (χ0) is 21.1. The molecule has 1 fully saturated rings. The molecule has 4 rings (SSSR count). The number of anilines is 3. The van der Waals surface area contributed by atoms with Crippen LogP contribution in [0.15, 0.2) is 30.7 Å². The molecule has 9 nitrogen and oxygen atoms in total. The number of rotatable bonds is 6. The zero-order valence-corrected chi connectivity index (χ0v) is 17.4. The Balaban J connectivity index is 1.60. The number of pyridine rings is 1. The van der Waals surface area contributed by atoms with Crippen molar-refractivity contribution in [3.63, 3.8) is 0 Å². The van der Waals surface area contributed by atoms with Crippen LogP contribution in [-0.2, 0) is 0 Å². The second kappa shape index (κ2) is 8.72. The summed E-state index contributed by atoms with van der Waals surface area (Å²) >= 11 is 1.41. The van der Waals surface area contributed by atoms with Gasteiger partial charge in [-0.05, 0) is 43.4 Å². The van der Waals surface area contributed by atoms with Crippen LogP contribution in [-0.4, -0.2) is 37.3 Å². The molecule has 6 N–H and O–H groups in total. The van der Waals surface area contributed by atoms with Crippen LogP contribution in [0.4, 0.5) is 17.5 Å². The van der Waals surface area contributed by atoms with E-state index in [2.05, 4.69) is 30.0 Å². The van der Waals surface area contributed by atoms with E-state index in [1.165, 1.54) is 17.7 Å². The second-order valence-corrected chi connectivity index (χ2v) is 8.24. The van der Waals surface area contributed by atoms with Crippen LogP contribution in [0.5, 0.6) is 0 Å². The van der Waals surface area contributed by atoms with Crippen molar-refractivity contribution in [3.8, 4) is 10.4 Å². The van der Waals surface area contributed by atoms with Crippen molar-refractivity contribution in [2.75, 3.05) is 10.6 Å². The van der Waals surface area contributed by atoms with E-state index in [0.717, 1.165) is 41.8 Å². The summed E-state index contributed by atoms with van der Waals surface area (Å²) < 4.78 is 4.31. The van der Waals surface area contributed by atoms with Crippen LogP contribution in [0, 0.1) is 6.92 Å². The lowest BCUT2D eigenvalue weighted by Gasteiger charge is -2.29. The third kappa shape index (κ3) is 4.55. The third-order valence-corrected chi connectivity index (χ3v) is 6.03. The highest BCUT2D eigenvalue weighted by Gasteiger charge is 2.23. The molecule has 10 heteroatoms. The van der Waals surface area contributed by atoms with Crippen molar-refractivity contribution in [1.29, 1.82) is 0 Å². The van der Waals surface area contributed by atoms with Gasteiger partial charge in [0.25, 0.3) is 5.91 Å². The van der Waals surface area contributed by atoms with Gasteiger partial charge in [0.05, 0.1) is 22.5 Å². The lowest BCUT2D eigenvalue weighted by molar-refractivity contribution is 0.100. The molecular weight excluding hydrogens is 400 g/mol. The van der Waals surface area contributed by atoms with Crippen molar-refractivity contribution < 1.29 is 4.79 Å². The number of nitrogens with zero attached hydrogens (tertiary/aromatic N) is 4. The Bertz CT molecular complexity index is 1050. The summed E-state index contributed by atoms with van der Waals surface area (Å²) in [6.45, 7) is 1.95. The molecule has 2 atom stereocenters. The molecule has 156 valence electrons. The first-order valence-electron chi connectivity index (χ1n) is 9.84. The molecule has 30 heavy (non-hydrogen) atoms. The lowest BCUT2D eigenvalue weighted by atomic mass is 9.91. The van der Waals surface area contributed by atoms with Crippen LogP contribution >= 0.6 is 11.5 Å². The van der Waals surface area contributed by atoms with Gasteiger partial charge < -0.3 is 22.1 Å². The van der Waals surface area contributed by atoms with E-state index in [1.54, 1.807) is 12.4 Å². The number of carbonyl (C=O) groups excluding carboxylic acids is 1. The number of amides is 1. The fourth-order valence-corrected chi connectivity index (χ4v) is 4.25. The minimum absolute atomic E-state index is 0.0540. The molecule has 0 spiro atoms. The Hall–Kier alpha value is -3.11. The van der Waals surface area contributed by atoms with Gasteiger partial charge in [0.2, 0.25) is 5.95 Å².